The maximum absolute atomic E-state index is 6.37. The summed E-state index contributed by atoms with van der Waals surface area (Å²) in [4.78, 5) is 11.3. The van der Waals surface area contributed by atoms with Crippen LogP contribution in [0.1, 0.15) is 37.3 Å². The minimum Gasteiger partial charge on any atom is -0.489 e. The number of aromatic nitrogens is 3. The van der Waals surface area contributed by atoms with E-state index in [0.717, 1.165) is 46.3 Å². The molecule has 33 heavy (non-hydrogen) atoms. The van der Waals surface area contributed by atoms with Crippen molar-refractivity contribution in [3.63, 3.8) is 0 Å². The zero-order valence-electron chi connectivity index (χ0n) is 19.3. The van der Waals surface area contributed by atoms with Crippen molar-refractivity contribution in [1.29, 1.82) is 0 Å². The van der Waals surface area contributed by atoms with Crippen molar-refractivity contribution in [3.8, 4) is 16.9 Å². The van der Waals surface area contributed by atoms with Crippen LogP contribution < -0.4 is 10.5 Å². The van der Waals surface area contributed by atoms with Crippen LogP contribution in [0, 0.1) is 0 Å². The molecule has 1 saturated carbocycles. The lowest BCUT2D eigenvalue weighted by atomic mass is 9.90. The van der Waals surface area contributed by atoms with Gasteiger partial charge in [-0.25, -0.2) is 9.97 Å². The van der Waals surface area contributed by atoms with Crippen LogP contribution in [0.15, 0.2) is 67.1 Å². The molecule has 2 aromatic carbocycles. The zero-order valence-corrected chi connectivity index (χ0v) is 19.3. The van der Waals surface area contributed by atoms with E-state index in [2.05, 4.69) is 64.0 Å². The summed E-state index contributed by atoms with van der Waals surface area (Å²) in [7, 11) is 4.35. The maximum atomic E-state index is 6.37. The number of hydrogen-bond donors (Lipinski definition) is 1. The second-order valence-electron chi connectivity index (χ2n) is 9.14. The van der Waals surface area contributed by atoms with E-state index in [1.165, 1.54) is 12.8 Å². The van der Waals surface area contributed by atoms with Gasteiger partial charge in [0.15, 0.2) is 0 Å². The predicted molar refractivity (Wildman–Crippen MR) is 133 cm³/mol. The smallest absolute Gasteiger partial charge is 0.146 e. The number of nitrogen functional groups attached to an aromatic ring is 1. The van der Waals surface area contributed by atoms with Crippen LogP contribution in [0.25, 0.3) is 22.2 Å². The largest absolute Gasteiger partial charge is 0.489 e. The summed E-state index contributed by atoms with van der Waals surface area (Å²) < 4.78 is 8.41. The van der Waals surface area contributed by atoms with E-state index in [9.17, 15) is 0 Å². The molecule has 6 heteroatoms. The van der Waals surface area contributed by atoms with E-state index in [0.29, 0.717) is 24.5 Å². The number of rotatable bonds is 6. The third-order valence-electron chi connectivity index (χ3n) is 6.82. The molecule has 0 atom stereocenters. The second kappa shape index (κ2) is 9.24. The molecular weight excluding hydrogens is 410 g/mol. The Morgan fingerprint density at radius 1 is 1.00 bits per heavy atom. The molecule has 5 rings (SSSR count). The molecule has 2 N–H and O–H groups in total. The van der Waals surface area contributed by atoms with Gasteiger partial charge in [-0.05, 0) is 63.0 Å². The molecule has 1 aliphatic rings. The highest BCUT2D eigenvalue weighted by Crippen LogP contribution is 2.39. The minimum atomic E-state index is 0.421. The Morgan fingerprint density at radius 3 is 2.55 bits per heavy atom. The van der Waals surface area contributed by atoms with E-state index < -0.39 is 0 Å². The Hall–Kier alpha value is -3.38. The van der Waals surface area contributed by atoms with E-state index >= 15 is 0 Å². The summed E-state index contributed by atoms with van der Waals surface area (Å²) in [5.41, 5.74) is 10.6. The zero-order chi connectivity index (χ0) is 22.8. The van der Waals surface area contributed by atoms with Gasteiger partial charge in [0.05, 0.1) is 5.39 Å². The van der Waals surface area contributed by atoms with Crippen LogP contribution in [-0.2, 0) is 6.61 Å². The number of nitrogens with two attached hydrogens (primary N) is 1. The highest BCUT2D eigenvalue weighted by molar-refractivity contribution is 6.00. The topological polar surface area (TPSA) is 69.2 Å². The van der Waals surface area contributed by atoms with Crippen molar-refractivity contribution in [2.75, 3.05) is 19.8 Å². The van der Waals surface area contributed by atoms with Gasteiger partial charge in [0.2, 0.25) is 0 Å². The molecule has 170 valence electrons. The fraction of sp³-hybridized carbons (Fsp3) is 0.333. The second-order valence-corrected chi connectivity index (χ2v) is 9.14. The molecule has 0 bridgehead atoms. The Bertz CT molecular complexity index is 1230. The molecular formula is C27H31N5O. The summed E-state index contributed by atoms with van der Waals surface area (Å²) in [6.07, 6.45) is 8.44. The fourth-order valence-corrected chi connectivity index (χ4v) is 4.95. The van der Waals surface area contributed by atoms with Gasteiger partial charge in [0.1, 0.15) is 30.1 Å². The lowest BCUT2D eigenvalue weighted by molar-refractivity contribution is 0.197. The average Bonchev–Trinajstić information content (AvgIpc) is 3.25. The lowest BCUT2D eigenvalue weighted by Gasteiger charge is -2.33. The van der Waals surface area contributed by atoms with Gasteiger partial charge in [-0.1, -0.05) is 42.5 Å². The third-order valence-corrected chi connectivity index (χ3v) is 6.82. The molecule has 0 spiro atoms. The van der Waals surface area contributed by atoms with Crippen LogP contribution in [0.4, 0.5) is 5.82 Å². The van der Waals surface area contributed by atoms with Crippen molar-refractivity contribution in [3.05, 3.63) is 72.7 Å². The van der Waals surface area contributed by atoms with Gasteiger partial charge < -0.3 is 19.9 Å². The number of benzene rings is 2. The molecule has 0 radical (unpaired) electrons. The monoisotopic (exact) mass is 441 g/mol. The maximum Gasteiger partial charge on any atom is 0.146 e. The van der Waals surface area contributed by atoms with E-state index in [1.54, 1.807) is 6.33 Å². The summed E-state index contributed by atoms with van der Waals surface area (Å²) >= 11 is 0. The van der Waals surface area contributed by atoms with Crippen LogP contribution >= 0.6 is 0 Å². The SMILES string of the molecule is CN(C)[C@H]1CC[C@@H](n2cc(-c3cccc(OCc4ccccc4)c3)c3c(N)ncnc32)CC1. The van der Waals surface area contributed by atoms with Gasteiger partial charge in [-0.15, -0.1) is 0 Å². The lowest BCUT2D eigenvalue weighted by Crippen LogP contribution is -2.32. The molecule has 0 aliphatic heterocycles. The van der Waals surface area contributed by atoms with Crippen molar-refractivity contribution in [1.82, 2.24) is 19.4 Å². The molecule has 6 nitrogen and oxygen atoms in total. The van der Waals surface area contributed by atoms with Gasteiger partial charge in [-0.2, -0.15) is 0 Å². The van der Waals surface area contributed by atoms with Crippen molar-refractivity contribution in [2.45, 2.75) is 44.4 Å². The molecule has 2 heterocycles. The molecule has 1 fully saturated rings. The summed E-state index contributed by atoms with van der Waals surface area (Å²) in [5, 5.41) is 0.924. The van der Waals surface area contributed by atoms with E-state index in [4.69, 9.17) is 10.5 Å². The summed E-state index contributed by atoms with van der Waals surface area (Å²) in [6.45, 7) is 0.534. The number of fused-ring (bicyclic) bond motifs is 1. The molecule has 0 saturated heterocycles. The van der Waals surface area contributed by atoms with Gasteiger partial charge in [-0.3, -0.25) is 0 Å². The number of ether oxygens (including phenoxy) is 1. The van der Waals surface area contributed by atoms with Crippen molar-refractivity contribution < 1.29 is 4.74 Å². The highest BCUT2D eigenvalue weighted by Gasteiger charge is 2.26. The molecule has 0 unspecified atom stereocenters. The van der Waals surface area contributed by atoms with Gasteiger partial charge in [0, 0.05) is 23.8 Å². The van der Waals surface area contributed by atoms with Gasteiger partial charge in [0.25, 0.3) is 0 Å². The Labute approximate surface area is 195 Å². The number of hydrogen-bond acceptors (Lipinski definition) is 5. The summed E-state index contributed by atoms with van der Waals surface area (Å²) in [6, 6.07) is 19.5. The molecule has 0 amide bonds. The first-order valence-corrected chi connectivity index (χ1v) is 11.6. The van der Waals surface area contributed by atoms with Crippen LogP contribution in [0.5, 0.6) is 5.75 Å². The highest BCUT2D eigenvalue weighted by atomic mass is 16.5. The van der Waals surface area contributed by atoms with Crippen LogP contribution in [0.3, 0.4) is 0 Å². The summed E-state index contributed by atoms with van der Waals surface area (Å²) in [5.74, 6) is 1.35. The van der Waals surface area contributed by atoms with Gasteiger partial charge >= 0.3 is 0 Å². The predicted octanol–water partition coefficient (Wildman–Crippen LogP) is 5.30. The molecule has 1 aliphatic carbocycles. The first-order chi connectivity index (χ1) is 16.1. The number of nitrogens with zero attached hydrogens (tertiary/aromatic N) is 4. The van der Waals surface area contributed by atoms with Crippen LogP contribution in [0.2, 0.25) is 0 Å². The molecule has 2 aromatic heterocycles. The van der Waals surface area contributed by atoms with Crippen LogP contribution in [-0.4, -0.2) is 39.6 Å². The Balaban J connectivity index is 1.46. The first-order valence-electron chi connectivity index (χ1n) is 11.6. The quantitative estimate of drug-likeness (QED) is 0.439. The first kappa shape index (κ1) is 21.5. The Kier molecular flexibility index (Phi) is 6.01. The Morgan fingerprint density at radius 2 is 1.79 bits per heavy atom. The standard InChI is InChI=1S/C27H31N5O/c1-31(2)21-11-13-22(14-12-21)32-16-24(25-26(28)29-18-30-27(25)32)20-9-6-10-23(15-20)33-17-19-7-4-3-5-8-19/h3-10,15-16,18,21-22H,11-14,17H2,1-2H3,(H2,28,29,30)/t21-,22+. The van der Waals surface area contributed by atoms with Crippen molar-refractivity contribution in [2.24, 2.45) is 0 Å². The normalized spacial score (nSPS) is 18.6. The fourth-order valence-electron chi connectivity index (χ4n) is 4.95. The third kappa shape index (κ3) is 4.44. The van der Waals surface area contributed by atoms with E-state index in [-0.39, 0.29) is 0 Å². The van der Waals surface area contributed by atoms with Crippen molar-refractivity contribution >= 4 is 16.9 Å². The minimum absolute atomic E-state index is 0.421. The van der Waals surface area contributed by atoms with E-state index in [1.807, 2.05) is 30.3 Å². The number of anilines is 1. The molecule has 4 aromatic rings. The average molecular weight is 442 g/mol.